The molecule has 0 aliphatic carbocycles. The molecule has 188 valence electrons. The molecule has 5 rings (SSSR count). The van der Waals surface area contributed by atoms with Gasteiger partial charge in [-0.25, -0.2) is 0 Å². The van der Waals surface area contributed by atoms with E-state index in [4.69, 9.17) is 17.0 Å². The number of nitrogens with one attached hydrogen (secondary N) is 1. The summed E-state index contributed by atoms with van der Waals surface area (Å²) in [4.78, 5) is 17.8. The lowest BCUT2D eigenvalue weighted by atomic mass is 9.96. The molecular weight excluding hydrogens is 486 g/mol. The smallest absolute Gasteiger partial charge is 0.273 e. The van der Waals surface area contributed by atoms with Gasteiger partial charge in [0.2, 0.25) is 0 Å². The highest BCUT2D eigenvalue weighted by atomic mass is 32.1. The zero-order chi connectivity index (χ0) is 26.1. The van der Waals surface area contributed by atoms with E-state index in [2.05, 4.69) is 44.9 Å². The lowest BCUT2D eigenvalue weighted by molar-refractivity contribution is -0.384. The quantitative estimate of drug-likeness (QED) is 0.196. The Morgan fingerprint density at radius 2 is 1.84 bits per heavy atom. The first-order valence-corrected chi connectivity index (χ1v) is 12.3. The molecule has 0 saturated carbocycles. The van der Waals surface area contributed by atoms with Crippen LogP contribution in [0.15, 0.2) is 79.0 Å². The molecule has 2 atom stereocenters. The van der Waals surface area contributed by atoms with Crippen LogP contribution in [-0.2, 0) is 6.54 Å². The van der Waals surface area contributed by atoms with Crippen molar-refractivity contribution in [3.8, 4) is 11.4 Å². The summed E-state index contributed by atoms with van der Waals surface area (Å²) in [5, 5.41) is 15.5. The molecule has 37 heavy (non-hydrogen) atoms. The Morgan fingerprint density at radius 3 is 2.51 bits per heavy atom. The van der Waals surface area contributed by atoms with Crippen molar-refractivity contribution in [3.63, 3.8) is 0 Å². The zero-order valence-corrected chi connectivity index (χ0v) is 21.6. The Kier molecular flexibility index (Phi) is 6.62. The zero-order valence-electron chi connectivity index (χ0n) is 20.8. The molecule has 1 fully saturated rings. The van der Waals surface area contributed by atoms with Crippen LogP contribution in [0.5, 0.6) is 5.75 Å². The minimum absolute atomic E-state index is 0.0159. The van der Waals surface area contributed by atoms with Gasteiger partial charge in [0.1, 0.15) is 5.75 Å². The maximum atomic E-state index is 11.3. The Morgan fingerprint density at radius 1 is 1.08 bits per heavy atom. The van der Waals surface area contributed by atoms with Crippen LogP contribution in [0.25, 0.3) is 5.69 Å². The molecule has 4 aromatic rings. The number of methoxy groups -OCH3 is 1. The third-order valence-corrected chi connectivity index (χ3v) is 7.15. The molecule has 2 aromatic heterocycles. The highest BCUT2D eigenvalue weighted by Crippen LogP contribution is 2.43. The van der Waals surface area contributed by atoms with Crippen LogP contribution in [0.4, 0.5) is 5.69 Å². The summed E-state index contributed by atoms with van der Waals surface area (Å²) in [6.45, 7) is 4.72. The second-order valence-corrected chi connectivity index (χ2v) is 9.40. The minimum Gasteiger partial charge on any atom is -0.494 e. The molecule has 2 aromatic carbocycles. The summed E-state index contributed by atoms with van der Waals surface area (Å²) >= 11 is 5.84. The van der Waals surface area contributed by atoms with E-state index in [0.717, 1.165) is 33.9 Å². The molecule has 0 amide bonds. The Labute approximate surface area is 220 Å². The number of nitro groups is 1. The number of nitrogens with zero attached hydrogens (tertiary/aromatic N) is 4. The van der Waals surface area contributed by atoms with Crippen molar-refractivity contribution in [2.24, 2.45) is 0 Å². The van der Waals surface area contributed by atoms with Crippen LogP contribution < -0.4 is 10.1 Å². The largest absolute Gasteiger partial charge is 0.494 e. The predicted molar refractivity (Wildman–Crippen MR) is 146 cm³/mol. The summed E-state index contributed by atoms with van der Waals surface area (Å²) in [5.41, 5.74) is 5.87. The number of benzene rings is 2. The molecular formula is C28H27N5O3S. The van der Waals surface area contributed by atoms with Gasteiger partial charge >= 0.3 is 0 Å². The van der Waals surface area contributed by atoms with Crippen molar-refractivity contribution in [3.05, 3.63) is 117 Å². The summed E-state index contributed by atoms with van der Waals surface area (Å²) in [5.74, 6) is 0.435. The van der Waals surface area contributed by atoms with E-state index < -0.39 is 4.92 Å². The first-order valence-electron chi connectivity index (χ1n) is 11.9. The van der Waals surface area contributed by atoms with E-state index in [1.54, 1.807) is 12.3 Å². The number of aryl methyl sites for hydroxylation is 1. The summed E-state index contributed by atoms with van der Waals surface area (Å²) < 4.78 is 7.64. The van der Waals surface area contributed by atoms with Crippen LogP contribution in [0.3, 0.4) is 0 Å². The summed E-state index contributed by atoms with van der Waals surface area (Å²) in [6.07, 6.45) is 1.79. The van der Waals surface area contributed by atoms with Crippen LogP contribution in [-0.4, -0.2) is 31.6 Å². The monoisotopic (exact) mass is 513 g/mol. The number of hydrogen-bond donors (Lipinski definition) is 1. The fraction of sp³-hybridized carbons (Fsp3) is 0.214. The van der Waals surface area contributed by atoms with Crippen LogP contribution >= 0.6 is 12.2 Å². The highest BCUT2D eigenvalue weighted by Gasteiger charge is 2.41. The number of hydrogen-bond acceptors (Lipinski definition) is 5. The molecule has 1 aliphatic heterocycles. The SMILES string of the molecule is COc1cc([N+](=O)[O-])ccc1-n1c(C)cc([C@H]2[C@H](c3ccccn3)NC(=S)N2Cc2ccccc2)c1C. The van der Waals surface area contributed by atoms with E-state index in [0.29, 0.717) is 17.4 Å². The van der Waals surface area contributed by atoms with Gasteiger partial charge in [-0.1, -0.05) is 36.4 Å². The first kappa shape index (κ1) is 24.5. The number of thiocarbonyl (C=S) groups is 1. The number of ether oxygens (including phenoxy) is 1. The topological polar surface area (TPSA) is 85.5 Å². The van der Waals surface area contributed by atoms with E-state index >= 15 is 0 Å². The maximum absolute atomic E-state index is 11.3. The Hall–Kier alpha value is -4.24. The van der Waals surface area contributed by atoms with Crippen LogP contribution in [0.2, 0.25) is 0 Å². The molecule has 1 aliphatic rings. The van der Waals surface area contributed by atoms with Gasteiger partial charge < -0.3 is 19.5 Å². The molecule has 0 unspecified atom stereocenters. The summed E-state index contributed by atoms with van der Waals surface area (Å²) in [7, 11) is 1.52. The lowest BCUT2D eigenvalue weighted by Gasteiger charge is -2.28. The first-order chi connectivity index (χ1) is 17.9. The van der Waals surface area contributed by atoms with Crippen molar-refractivity contribution < 1.29 is 9.66 Å². The van der Waals surface area contributed by atoms with Gasteiger partial charge in [-0.2, -0.15) is 0 Å². The van der Waals surface area contributed by atoms with Crippen molar-refractivity contribution in [1.29, 1.82) is 0 Å². The summed E-state index contributed by atoms with van der Waals surface area (Å²) in [6, 6.07) is 22.7. The van der Waals surface area contributed by atoms with Gasteiger partial charge in [0, 0.05) is 30.2 Å². The van der Waals surface area contributed by atoms with Gasteiger partial charge in [0.15, 0.2) is 5.11 Å². The number of non-ortho nitro benzene ring substituents is 1. The van der Waals surface area contributed by atoms with Gasteiger partial charge in [-0.05, 0) is 61.5 Å². The number of rotatable bonds is 7. The van der Waals surface area contributed by atoms with Crippen molar-refractivity contribution in [2.45, 2.75) is 32.5 Å². The molecule has 9 heteroatoms. The van der Waals surface area contributed by atoms with Gasteiger partial charge in [-0.15, -0.1) is 0 Å². The highest BCUT2D eigenvalue weighted by molar-refractivity contribution is 7.80. The van der Waals surface area contributed by atoms with E-state index in [1.165, 1.54) is 19.2 Å². The Balaban J connectivity index is 1.63. The minimum atomic E-state index is -0.419. The third-order valence-electron chi connectivity index (χ3n) is 6.80. The molecule has 1 saturated heterocycles. The number of nitro benzene ring substituents is 1. The molecule has 1 N–H and O–H groups in total. The van der Waals surface area contributed by atoms with E-state index in [9.17, 15) is 10.1 Å². The average Bonchev–Trinajstić information content (AvgIpc) is 3.39. The normalized spacial score (nSPS) is 17.1. The predicted octanol–water partition coefficient (Wildman–Crippen LogP) is 5.58. The Bertz CT molecular complexity index is 1460. The van der Waals surface area contributed by atoms with Crippen molar-refractivity contribution >= 4 is 23.0 Å². The second-order valence-electron chi connectivity index (χ2n) is 9.02. The van der Waals surface area contributed by atoms with Crippen molar-refractivity contribution in [1.82, 2.24) is 19.8 Å². The fourth-order valence-corrected chi connectivity index (χ4v) is 5.42. The average molecular weight is 514 g/mol. The van der Waals surface area contributed by atoms with E-state index in [1.807, 2.05) is 43.3 Å². The van der Waals surface area contributed by atoms with Gasteiger partial charge in [-0.3, -0.25) is 15.1 Å². The number of aromatic nitrogens is 2. The van der Waals surface area contributed by atoms with Gasteiger partial charge in [0.25, 0.3) is 5.69 Å². The second kappa shape index (κ2) is 10.0. The molecule has 0 bridgehead atoms. The molecule has 0 radical (unpaired) electrons. The van der Waals surface area contributed by atoms with Crippen LogP contribution in [0.1, 0.15) is 40.3 Å². The molecule has 3 heterocycles. The molecule has 0 spiro atoms. The van der Waals surface area contributed by atoms with E-state index in [-0.39, 0.29) is 17.8 Å². The standard InChI is InChI=1S/C28H27N5O3S/c1-18-15-22(19(2)32(18)24-13-12-21(33(34)35)16-25(24)36-3)27-26(23-11-7-8-14-29-23)30-28(37)31(27)17-20-9-5-4-6-10-20/h4-16,26-27H,17H2,1-3H3,(H,30,37)/t26-,27-/m0/s1. The lowest BCUT2D eigenvalue weighted by Crippen LogP contribution is -2.29. The van der Waals surface area contributed by atoms with Gasteiger partial charge in [0.05, 0.1) is 41.6 Å². The van der Waals surface area contributed by atoms with Crippen molar-refractivity contribution in [2.75, 3.05) is 7.11 Å². The molecule has 8 nitrogen and oxygen atoms in total. The third kappa shape index (κ3) is 4.53. The van der Waals surface area contributed by atoms with Crippen LogP contribution in [0, 0.1) is 24.0 Å². The maximum Gasteiger partial charge on any atom is 0.273 e. The fourth-order valence-electron chi connectivity index (χ4n) is 5.12. The number of pyridine rings is 1.